The Morgan fingerprint density at radius 3 is 2.64 bits per heavy atom. The van der Waals surface area contributed by atoms with Crippen molar-refractivity contribution in [2.75, 3.05) is 6.54 Å². The first-order valence-electron chi connectivity index (χ1n) is 4.56. The Kier molecular flexibility index (Phi) is 2.26. The van der Waals surface area contributed by atoms with Crippen LogP contribution in [-0.4, -0.2) is 11.5 Å². The van der Waals surface area contributed by atoms with Gasteiger partial charge in [0.2, 0.25) is 0 Å². The molecule has 0 radical (unpaired) electrons. The molecular formula is C9H11F3N2. The van der Waals surface area contributed by atoms with Gasteiger partial charge in [0, 0.05) is 18.4 Å². The Hall–Kier alpha value is -0.970. The highest BCUT2D eigenvalue weighted by Crippen LogP contribution is 2.36. The monoisotopic (exact) mass is 204 g/mol. The highest BCUT2D eigenvalue weighted by molar-refractivity contribution is 5.29. The normalized spacial score (nSPS) is 22.9. The number of hydrogen-bond acceptors (Lipinski definition) is 1. The summed E-state index contributed by atoms with van der Waals surface area (Å²) in [6.45, 7) is 0.799. The lowest BCUT2D eigenvalue weighted by Crippen LogP contribution is -2.16. The summed E-state index contributed by atoms with van der Waals surface area (Å²) in [6.07, 6.45) is -0.0746. The smallest absolute Gasteiger partial charge is 0.367 e. The maximum Gasteiger partial charge on any atom is 0.418 e. The summed E-state index contributed by atoms with van der Waals surface area (Å²) in [5, 5.41) is 3.05. The average Bonchev–Trinajstić information content (AvgIpc) is 2.73. The number of aromatic nitrogens is 1. The number of rotatable bonds is 1. The van der Waals surface area contributed by atoms with Crippen molar-refractivity contribution in [1.29, 1.82) is 0 Å². The van der Waals surface area contributed by atoms with Gasteiger partial charge < -0.3 is 10.3 Å². The minimum absolute atomic E-state index is 0.141. The van der Waals surface area contributed by atoms with Gasteiger partial charge in [-0.05, 0) is 24.9 Å². The van der Waals surface area contributed by atoms with Crippen LogP contribution >= 0.6 is 0 Å². The van der Waals surface area contributed by atoms with E-state index in [2.05, 4.69) is 10.3 Å². The van der Waals surface area contributed by atoms with Crippen molar-refractivity contribution in [3.05, 3.63) is 23.5 Å². The third-order valence-electron chi connectivity index (χ3n) is 2.52. The lowest BCUT2D eigenvalue weighted by molar-refractivity contribution is -0.138. The molecule has 1 aromatic rings. The van der Waals surface area contributed by atoms with Gasteiger partial charge in [-0.3, -0.25) is 0 Å². The molecular weight excluding hydrogens is 193 g/mol. The number of alkyl halides is 3. The third kappa shape index (κ3) is 1.64. The van der Waals surface area contributed by atoms with E-state index < -0.39 is 11.7 Å². The van der Waals surface area contributed by atoms with Crippen LogP contribution in [0.5, 0.6) is 0 Å². The van der Waals surface area contributed by atoms with Crippen molar-refractivity contribution >= 4 is 0 Å². The molecule has 0 spiro atoms. The van der Waals surface area contributed by atoms with Gasteiger partial charge in [-0.1, -0.05) is 0 Å². The summed E-state index contributed by atoms with van der Waals surface area (Å²) in [5.74, 6) is 0. The number of aromatic amines is 1. The van der Waals surface area contributed by atoms with Gasteiger partial charge in [0.25, 0.3) is 0 Å². The van der Waals surface area contributed by atoms with E-state index in [9.17, 15) is 13.2 Å². The van der Waals surface area contributed by atoms with Crippen molar-refractivity contribution < 1.29 is 13.2 Å². The first-order valence-corrected chi connectivity index (χ1v) is 4.56. The Labute approximate surface area is 79.5 Å². The molecule has 1 saturated heterocycles. The van der Waals surface area contributed by atoms with Crippen LogP contribution in [-0.2, 0) is 6.18 Å². The molecule has 0 aromatic carbocycles. The van der Waals surface area contributed by atoms with Gasteiger partial charge in [0.15, 0.2) is 0 Å². The van der Waals surface area contributed by atoms with Crippen LogP contribution in [0.2, 0.25) is 0 Å². The average molecular weight is 204 g/mol. The SMILES string of the molecule is FC(F)(F)c1c[nH]cc1[C@@H]1CCCN1. The molecule has 2 nitrogen and oxygen atoms in total. The second kappa shape index (κ2) is 3.31. The Bertz CT molecular complexity index is 310. The summed E-state index contributed by atoms with van der Waals surface area (Å²) in [4.78, 5) is 2.52. The molecule has 78 valence electrons. The van der Waals surface area contributed by atoms with E-state index >= 15 is 0 Å². The van der Waals surface area contributed by atoms with E-state index in [4.69, 9.17) is 0 Å². The van der Waals surface area contributed by atoms with Crippen LogP contribution in [0.3, 0.4) is 0 Å². The molecule has 0 aliphatic carbocycles. The van der Waals surface area contributed by atoms with Crippen LogP contribution in [0, 0.1) is 0 Å². The van der Waals surface area contributed by atoms with Gasteiger partial charge in [-0.25, -0.2) is 0 Å². The maximum atomic E-state index is 12.5. The Morgan fingerprint density at radius 1 is 1.29 bits per heavy atom. The molecule has 0 saturated carbocycles. The van der Waals surface area contributed by atoms with Crippen molar-refractivity contribution in [2.24, 2.45) is 0 Å². The lowest BCUT2D eigenvalue weighted by Gasteiger charge is -2.13. The standard InChI is InChI=1S/C9H11F3N2/c10-9(11,12)7-5-13-4-6(7)8-2-1-3-14-8/h4-5,8,13-14H,1-3H2/t8-/m0/s1. The van der Waals surface area contributed by atoms with Gasteiger partial charge in [-0.2, -0.15) is 13.2 Å². The van der Waals surface area contributed by atoms with E-state index in [1.54, 1.807) is 0 Å². The molecule has 1 atom stereocenters. The zero-order chi connectivity index (χ0) is 10.2. The summed E-state index contributed by atoms with van der Waals surface area (Å²) in [5.41, 5.74) is -0.202. The van der Waals surface area contributed by atoms with Crippen LogP contribution in [0.15, 0.2) is 12.4 Å². The molecule has 14 heavy (non-hydrogen) atoms. The summed E-state index contributed by atoms with van der Waals surface area (Å²) < 4.78 is 37.5. The predicted molar refractivity (Wildman–Crippen MR) is 45.8 cm³/mol. The molecule has 0 unspecified atom stereocenters. The zero-order valence-corrected chi connectivity index (χ0v) is 7.49. The lowest BCUT2D eigenvalue weighted by atomic mass is 10.0. The van der Waals surface area contributed by atoms with E-state index in [0.717, 1.165) is 25.6 Å². The fourth-order valence-corrected chi connectivity index (χ4v) is 1.86. The van der Waals surface area contributed by atoms with E-state index in [-0.39, 0.29) is 6.04 Å². The van der Waals surface area contributed by atoms with Crippen LogP contribution in [0.4, 0.5) is 13.2 Å². The van der Waals surface area contributed by atoms with Crippen molar-refractivity contribution in [1.82, 2.24) is 10.3 Å². The molecule has 1 fully saturated rings. The largest absolute Gasteiger partial charge is 0.418 e. The minimum atomic E-state index is -4.25. The van der Waals surface area contributed by atoms with E-state index in [0.29, 0.717) is 5.56 Å². The predicted octanol–water partition coefficient (Wildman–Crippen LogP) is 2.46. The quantitative estimate of drug-likeness (QED) is 0.722. The van der Waals surface area contributed by atoms with Gasteiger partial charge in [-0.15, -0.1) is 0 Å². The summed E-state index contributed by atoms with van der Waals surface area (Å²) in [7, 11) is 0. The second-order valence-corrected chi connectivity index (χ2v) is 3.47. The maximum absolute atomic E-state index is 12.5. The highest BCUT2D eigenvalue weighted by atomic mass is 19.4. The van der Waals surface area contributed by atoms with Gasteiger partial charge in [0.05, 0.1) is 5.56 Å². The zero-order valence-electron chi connectivity index (χ0n) is 7.49. The molecule has 1 aliphatic rings. The van der Waals surface area contributed by atoms with Crippen molar-refractivity contribution in [3.63, 3.8) is 0 Å². The fourth-order valence-electron chi connectivity index (χ4n) is 1.86. The van der Waals surface area contributed by atoms with Crippen molar-refractivity contribution in [2.45, 2.75) is 25.1 Å². The second-order valence-electron chi connectivity index (χ2n) is 3.47. The Balaban J connectivity index is 2.29. The molecule has 2 N–H and O–H groups in total. The van der Waals surface area contributed by atoms with E-state index in [1.807, 2.05) is 0 Å². The molecule has 2 heterocycles. The summed E-state index contributed by atoms with van der Waals surface area (Å²) in [6, 6.07) is -0.141. The first-order chi connectivity index (χ1) is 6.59. The number of H-pyrrole nitrogens is 1. The third-order valence-corrected chi connectivity index (χ3v) is 2.52. The molecule has 0 bridgehead atoms. The van der Waals surface area contributed by atoms with Crippen LogP contribution < -0.4 is 5.32 Å². The fraction of sp³-hybridized carbons (Fsp3) is 0.556. The van der Waals surface area contributed by atoms with E-state index in [1.165, 1.54) is 6.20 Å². The topological polar surface area (TPSA) is 27.8 Å². The minimum Gasteiger partial charge on any atom is -0.367 e. The van der Waals surface area contributed by atoms with Crippen LogP contribution in [0.1, 0.15) is 30.0 Å². The molecule has 1 aromatic heterocycles. The number of hydrogen-bond donors (Lipinski definition) is 2. The molecule has 5 heteroatoms. The number of halogens is 3. The van der Waals surface area contributed by atoms with Gasteiger partial charge in [0.1, 0.15) is 0 Å². The molecule has 1 aliphatic heterocycles. The van der Waals surface area contributed by atoms with Crippen LogP contribution in [0.25, 0.3) is 0 Å². The molecule has 0 amide bonds. The molecule has 2 rings (SSSR count). The highest BCUT2D eigenvalue weighted by Gasteiger charge is 2.36. The Morgan fingerprint density at radius 2 is 2.07 bits per heavy atom. The number of nitrogens with one attached hydrogen (secondary N) is 2. The van der Waals surface area contributed by atoms with Gasteiger partial charge >= 0.3 is 6.18 Å². The first kappa shape index (κ1) is 9.58. The summed E-state index contributed by atoms with van der Waals surface area (Å²) >= 11 is 0. The van der Waals surface area contributed by atoms with Crippen molar-refractivity contribution in [3.8, 4) is 0 Å².